The van der Waals surface area contributed by atoms with Crippen molar-refractivity contribution in [3.05, 3.63) is 65.9 Å². The van der Waals surface area contributed by atoms with Crippen molar-refractivity contribution in [3.63, 3.8) is 0 Å². The zero-order valence-corrected chi connectivity index (χ0v) is 14.4. The molecular weight excluding hydrogens is 337 g/mol. The Labute approximate surface area is 149 Å². The van der Waals surface area contributed by atoms with E-state index in [1.165, 1.54) is 24.3 Å². The summed E-state index contributed by atoms with van der Waals surface area (Å²) in [6.45, 7) is 3.66. The summed E-state index contributed by atoms with van der Waals surface area (Å²) in [6.07, 6.45) is 2.68. The molecular formula is C19H18FN3O3. The lowest BCUT2D eigenvalue weighted by atomic mass is 10.2. The van der Waals surface area contributed by atoms with E-state index < -0.39 is 23.8 Å². The third-order valence-electron chi connectivity index (χ3n) is 3.85. The molecule has 3 rings (SSSR count). The smallest absolute Gasteiger partial charge is 0.359 e. The van der Waals surface area contributed by atoms with Crippen LogP contribution in [-0.4, -0.2) is 27.4 Å². The lowest BCUT2D eigenvalue weighted by Gasteiger charge is -2.15. The number of anilines is 1. The number of fused-ring (bicyclic) bond motifs is 1. The van der Waals surface area contributed by atoms with E-state index in [1.54, 1.807) is 23.7 Å². The monoisotopic (exact) mass is 355 g/mol. The SMILES string of the molecule is CC[C@H](OC(=O)c1cn2ccc(C)cc2n1)C(=O)Nc1ccc(F)cc1. The molecule has 0 saturated carbocycles. The fourth-order valence-corrected chi connectivity index (χ4v) is 2.45. The lowest BCUT2D eigenvalue weighted by molar-refractivity contribution is -0.124. The summed E-state index contributed by atoms with van der Waals surface area (Å²) >= 11 is 0. The molecule has 26 heavy (non-hydrogen) atoms. The van der Waals surface area contributed by atoms with E-state index in [2.05, 4.69) is 10.3 Å². The molecule has 0 aliphatic rings. The van der Waals surface area contributed by atoms with Crippen molar-refractivity contribution in [2.75, 3.05) is 5.32 Å². The summed E-state index contributed by atoms with van der Waals surface area (Å²) in [5.41, 5.74) is 2.20. The maximum absolute atomic E-state index is 12.9. The first-order chi connectivity index (χ1) is 12.5. The molecule has 1 amide bonds. The summed E-state index contributed by atoms with van der Waals surface area (Å²) in [5, 5.41) is 2.60. The van der Waals surface area contributed by atoms with Gasteiger partial charge in [0.15, 0.2) is 11.8 Å². The van der Waals surface area contributed by atoms with Crippen LogP contribution in [0, 0.1) is 12.7 Å². The van der Waals surface area contributed by atoms with Gasteiger partial charge < -0.3 is 14.5 Å². The fraction of sp³-hybridized carbons (Fsp3) is 0.211. The standard InChI is InChI=1S/C19H18FN3O3/c1-3-16(18(24)21-14-6-4-13(20)5-7-14)26-19(25)15-11-23-9-8-12(2)10-17(23)22-15/h4-11,16H,3H2,1-2H3,(H,21,24)/t16-/m0/s1. The molecule has 2 aromatic heterocycles. The Morgan fingerprint density at radius 1 is 1.27 bits per heavy atom. The van der Waals surface area contributed by atoms with Gasteiger partial charge in [-0.3, -0.25) is 4.79 Å². The van der Waals surface area contributed by atoms with Gasteiger partial charge >= 0.3 is 5.97 Å². The van der Waals surface area contributed by atoms with Crippen molar-refractivity contribution in [1.82, 2.24) is 9.38 Å². The number of rotatable bonds is 5. The van der Waals surface area contributed by atoms with Crippen LogP contribution in [0.5, 0.6) is 0 Å². The van der Waals surface area contributed by atoms with Gasteiger partial charge in [0.05, 0.1) is 0 Å². The van der Waals surface area contributed by atoms with Gasteiger partial charge in [-0.2, -0.15) is 0 Å². The van der Waals surface area contributed by atoms with Gasteiger partial charge in [-0.05, 0) is 55.3 Å². The Morgan fingerprint density at radius 3 is 2.69 bits per heavy atom. The minimum Gasteiger partial charge on any atom is -0.447 e. The molecule has 3 aromatic rings. The maximum Gasteiger partial charge on any atom is 0.359 e. The van der Waals surface area contributed by atoms with Crippen molar-refractivity contribution < 1.29 is 18.7 Å². The number of amides is 1. The van der Waals surface area contributed by atoms with Crippen molar-refractivity contribution in [2.45, 2.75) is 26.4 Å². The van der Waals surface area contributed by atoms with E-state index in [1.807, 2.05) is 19.1 Å². The van der Waals surface area contributed by atoms with Crippen molar-refractivity contribution in [3.8, 4) is 0 Å². The van der Waals surface area contributed by atoms with Gasteiger partial charge in [0.1, 0.15) is 11.5 Å². The number of carbonyl (C=O) groups is 2. The molecule has 6 nitrogen and oxygen atoms in total. The van der Waals surface area contributed by atoms with Crippen molar-refractivity contribution in [2.24, 2.45) is 0 Å². The number of nitrogens with zero attached hydrogens (tertiary/aromatic N) is 2. The molecule has 1 atom stereocenters. The van der Waals surface area contributed by atoms with Gasteiger partial charge in [-0.15, -0.1) is 0 Å². The summed E-state index contributed by atoms with van der Waals surface area (Å²) < 4.78 is 19.9. The minimum absolute atomic E-state index is 0.128. The van der Waals surface area contributed by atoms with E-state index >= 15 is 0 Å². The maximum atomic E-state index is 12.9. The van der Waals surface area contributed by atoms with Crippen LogP contribution >= 0.6 is 0 Å². The Bertz CT molecular complexity index is 950. The lowest BCUT2D eigenvalue weighted by Crippen LogP contribution is -2.32. The van der Waals surface area contributed by atoms with Crippen molar-refractivity contribution >= 4 is 23.2 Å². The molecule has 0 unspecified atom stereocenters. The number of hydrogen-bond acceptors (Lipinski definition) is 4. The predicted octanol–water partition coefficient (Wildman–Crippen LogP) is 3.36. The number of aryl methyl sites for hydroxylation is 1. The van der Waals surface area contributed by atoms with E-state index in [4.69, 9.17) is 4.74 Å². The number of pyridine rings is 1. The third-order valence-corrected chi connectivity index (χ3v) is 3.85. The molecule has 0 fully saturated rings. The molecule has 0 radical (unpaired) electrons. The van der Waals surface area contributed by atoms with E-state index in [0.29, 0.717) is 17.8 Å². The number of ether oxygens (including phenoxy) is 1. The predicted molar refractivity (Wildman–Crippen MR) is 94.5 cm³/mol. The van der Waals surface area contributed by atoms with E-state index in [0.717, 1.165) is 5.56 Å². The zero-order valence-electron chi connectivity index (χ0n) is 14.4. The Kier molecular flexibility index (Phi) is 4.97. The quantitative estimate of drug-likeness (QED) is 0.713. The molecule has 2 heterocycles. The van der Waals surface area contributed by atoms with Crippen LogP contribution in [0.1, 0.15) is 29.4 Å². The number of aromatic nitrogens is 2. The first-order valence-electron chi connectivity index (χ1n) is 8.19. The molecule has 134 valence electrons. The van der Waals surface area contributed by atoms with Gasteiger partial charge in [0, 0.05) is 18.1 Å². The highest BCUT2D eigenvalue weighted by Crippen LogP contribution is 2.13. The molecule has 0 aliphatic heterocycles. The number of carbonyl (C=O) groups excluding carboxylic acids is 2. The van der Waals surface area contributed by atoms with E-state index in [-0.39, 0.29) is 5.69 Å². The van der Waals surface area contributed by atoms with Gasteiger partial charge in [-0.1, -0.05) is 6.92 Å². The van der Waals surface area contributed by atoms with Gasteiger partial charge in [-0.25, -0.2) is 14.2 Å². The number of benzene rings is 1. The van der Waals surface area contributed by atoms with E-state index in [9.17, 15) is 14.0 Å². The summed E-state index contributed by atoms with van der Waals surface area (Å²) in [6, 6.07) is 9.09. The highest BCUT2D eigenvalue weighted by molar-refractivity contribution is 5.97. The number of imidazole rings is 1. The number of halogens is 1. The average molecular weight is 355 g/mol. The van der Waals surface area contributed by atoms with Crippen LogP contribution in [-0.2, 0) is 9.53 Å². The van der Waals surface area contributed by atoms with Crippen molar-refractivity contribution in [1.29, 1.82) is 0 Å². The highest BCUT2D eigenvalue weighted by atomic mass is 19.1. The largest absolute Gasteiger partial charge is 0.447 e. The molecule has 1 aromatic carbocycles. The molecule has 0 spiro atoms. The Balaban J connectivity index is 1.70. The fourth-order valence-electron chi connectivity index (χ4n) is 2.45. The topological polar surface area (TPSA) is 72.7 Å². The second-order valence-corrected chi connectivity index (χ2v) is 5.89. The van der Waals surface area contributed by atoms with Crippen LogP contribution in [0.15, 0.2) is 48.8 Å². The van der Waals surface area contributed by atoms with Crippen LogP contribution in [0.25, 0.3) is 5.65 Å². The molecule has 7 heteroatoms. The number of nitrogens with one attached hydrogen (secondary N) is 1. The Hall–Kier alpha value is -3.22. The van der Waals surface area contributed by atoms with Crippen LogP contribution in [0.3, 0.4) is 0 Å². The first kappa shape index (κ1) is 17.6. The first-order valence-corrected chi connectivity index (χ1v) is 8.19. The number of esters is 1. The molecule has 0 bridgehead atoms. The van der Waals surface area contributed by atoms with Gasteiger partial charge in [0.25, 0.3) is 5.91 Å². The Morgan fingerprint density at radius 2 is 2.00 bits per heavy atom. The van der Waals surface area contributed by atoms with Crippen LogP contribution in [0.4, 0.5) is 10.1 Å². The van der Waals surface area contributed by atoms with Crippen LogP contribution in [0.2, 0.25) is 0 Å². The highest BCUT2D eigenvalue weighted by Gasteiger charge is 2.23. The second kappa shape index (κ2) is 7.35. The summed E-state index contributed by atoms with van der Waals surface area (Å²) in [7, 11) is 0. The normalized spacial score (nSPS) is 12.0. The summed E-state index contributed by atoms with van der Waals surface area (Å²) in [5.74, 6) is -1.55. The molecule has 1 N–H and O–H groups in total. The summed E-state index contributed by atoms with van der Waals surface area (Å²) in [4.78, 5) is 28.9. The minimum atomic E-state index is -0.973. The molecule has 0 saturated heterocycles. The second-order valence-electron chi connectivity index (χ2n) is 5.89. The van der Waals surface area contributed by atoms with Crippen LogP contribution < -0.4 is 5.32 Å². The van der Waals surface area contributed by atoms with Gasteiger partial charge in [0.2, 0.25) is 0 Å². The average Bonchev–Trinajstić information content (AvgIpc) is 3.04. The molecule has 0 aliphatic carbocycles. The third kappa shape index (κ3) is 3.88. The number of hydrogen-bond donors (Lipinski definition) is 1. The zero-order chi connectivity index (χ0) is 18.7.